The smallest absolute Gasteiger partial charge is 0.322 e. The summed E-state index contributed by atoms with van der Waals surface area (Å²) in [5.74, 6) is 0.209. The van der Waals surface area contributed by atoms with Gasteiger partial charge in [-0.2, -0.15) is 5.10 Å². The maximum absolute atomic E-state index is 12.7. The number of nitrogens with zero attached hydrogens (tertiary/aromatic N) is 3. The van der Waals surface area contributed by atoms with Crippen LogP contribution in [-0.2, 0) is 22.0 Å². The summed E-state index contributed by atoms with van der Waals surface area (Å²) < 4.78 is 6.67. The first-order valence-electron chi connectivity index (χ1n) is 9.35. The van der Waals surface area contributed by atoms with Crippen LogP contribution in [0.15, 0.2) is 24.3 Å². The Hall–Kier alpha value is -2.29. The van der Waals surface area contributed by atoms with E-state index in [1.807, 2.05) is 26.8 Å². The van der Waals surface area contributed by atoms with Crippen molar-refractivity contribution in [3.63, 3.8) is 0 Å². The van der Waals surface area contributed by atoms with Gasteiger partial charge in [0, 0.05) is 37.9 Å². The molecule has 0 saturated carbocycles. The average Bonchev–Trinajstić information content (AvgIpc) is 3.02. The Bertz CT molecular complexity index is 908. The topological polar surface area (TPSA) is 88.5 Å². The molecule has 1 heterocycles. The van der Waals surface area contributed by atoms with Crippen LogP contribution < -0.4 is 10.6 Å². The summed E-state index contributed by atoms with van der Waals surface area (Å²) in [6, 6.07) is 6.12. The van der Waals surface area contributed by atoms with Gasteiger partial charge in [0.15, 0.2) is 0 Å². The van der Waals surface area contributed by atoms with E-state index in [1.165, 1.54) is 12.0 Å². The highest BCUT2D eigenvalue weighted by Gasteiger charge is 2.22. The van der Waals surface area contributed by atoms with E-state index in [4.69, 9.17) is 27.9 Å². The Labute approximate surface area is 186 Å². The molecule has 3 amide bonds. The van der Waals surface area contributed by atoms with Crippen molar-refractivity contribution in [1.29, 1.82) is 0 Å². The number of amides is 3. The number of nitrogens with one attached hydrogen (secondary N) is 2. The van der Waals surface area contributed by atoms with Crippen molar-refractivity contribution in [2.24, 2.45) is 7.05 Å². The van der Waals surface area contributed by atoms with Crippen LogP contribution in [0.25, 0.3) is 0 Å². The maximum atomic E-state index is 12.7. The molecule has 10 heteroatoms. The van der Waals surface area contributed by atoms with Crippen LogP contribution in [-0.4, -0.2) is 53.4 Å². The number of hydrogen-bond donors (Lipinski definition) is 2. The van der Waals surface area contributed by atoms with Crippen molar-refractivity contribution in [2.45, 2.75) is 26.2 Å². The summed E-state index contributed by atoms with van der Waals surface area (Å²) in [4.78, 5) is 26.6. The first-order valence-corrected chi connectivity index (χ1v) is 10.1. The molecule has 2 rings (SSSR count). The minimum atomic E-state index is -0.457. The number of rotatable bonds is 7. The van der Waals surface area contributed by atoms with Gasteiger partial charge >= 0.3 is 6.03 Å². The van der Waals surface area contributed by atoms with Crippen LogP contribution in [0.4, 0.5) is 16.3 Å². The Morgan fingerprint density at radius 2 is 1.87 bits per heavy atom. The van der Waals surface area contributed by atoms with E-state index in [0.29, 0.717) is 21.6 Å². The number of carbonyl (C=O) groups is 2. The summed E-state index contributed by atoms with van der Waals surface area (Å²) in [5, 5.41) is 10.7. The first kappa shape index (κ1) is 24.0. The molecule has 0 aliphatic carbocycles. The highest BCUT2D eigenvalue weighted by atomic mass is 35.5. The molecule has 30 heavy (non-hydrogen) atoms. The van der Waals surface area contributed by atoms with E-state index in [-0.39, 0.29) is 31.0 Å². The van der Waals surface area contributed by atoms with Crippen LogP contribution in [0.5, 0.6) is 0 Å². The summed E-state index contributed by atoms with van der Waals surface area (Å²) >= 11 is 11.9. The molecule has 1 aromatic carbocycles. The first-order chi connectivity index (χ1) is 14.0. The van der Waals surface area contributed by atoms with Crippen molar-refractivity contribution in [3.8, 4) is 0 Å². The van der Waals surface area contributed by atoms with Crippen molar-refractivity contribution in [1.82, 2.24) is 14.7 Å². The number of methoxy groups -OCH3 is 1. The molecule has 0 unspecified atom stereocenters. The number of aromatic nitrogens is 2. The summed E-state index contributed by atoms with van der Waals surface area (Å²) in [7, 11) is 3.28. The third-order valence-electron chi connectivity index (χ3n) is 4.27. The van der Waals surface area contributed by atoms with Gasteiger partial charge in [-0.1, -0.05) is 44.0 Å². The van der Waals surface area contributed by atoms with E-state index in [0.717, 1.165) is 5.69 Å². The Morgan fingerprint density at radius 1 is 1.17 bits per heavy atom. The molecule has 0 aliphatic heterocycles. The number of urea groups is 1. The number of halogens is 2. The monoisotopic (exact) mass is 455 g/mol. The number of aryl methyl sites for hydroxylation is 1. The number of carbonyl (C=O) groups excluding carboxylic acids is 2. The van der Waals surface area contributed by atoms with Gasteiger partial charge in [0.05, 0.1) is 22.3 Å². The Morgan fingerprint density at radius 3 is 2.43 bits per heavy atom. The molecule has 8 nitrogen and oxygen atoms in total. The zero-order valence-corrected chi connectivity index (χ0v) is 19.3. The van der Waals surface area contributed by atoms with Gasteiger partial charge in [0.2, 0.25) is 5.91 Å². The quantitative estimate of drug-likeness (QED) is 0.656. The Kier molecular flexibility index (Phi) is 8.11. The minimum Gasteiger partial charge on any atom is -0.383 e. The third kappa shape index (κ3) is 6.62. The van der Waals surface area contributed by atoms with Gasteiger partial charge in [-0.15, -0.1) is 0 Å². The van der Waals surface area contributed by atoms with Gasteiger partial charge in [-0.25, -0.2) is 4.79 Å². The van der Waals surface area contributed by atoms with Gasteiger partial charge in [0.25, 0.3) is 0 Å². The van der Waals surface area contributed by atoms with Gasteiger partial charge < -0.3 is 20.3 Å². The van der Waals surface area contributed by atoms with E-state index >= 15 is 0 Å². The largest absolute Gasteiger partial charge is 0.383 e. The SMILES string of the molecule is COCCN(CC(=O)Nc1cc(C(C)(C)C)nn1C)C(=O)Nc1ccc(Cl)c(Cl)c1. The number of hydrogen-bond acceptors (Lipinski definition) is 4. The van der Waals surface area contributed by atoms with Crippen LogP contribution >= 0.6 is 23.2 Å². The van der Waals surface area contributed by atoms with Gasteiger partial charge in [-0.05, 0) is 18.2 Å². The lowest BCUT2D eigenvalue weighted by atomic mass is 9.92. The van der Waals surface area contributed by atoms with Crippen LogP contribution in [0.1, 0.15) is 26.5 Å². The lowest BCUT2D eigenvalue weighted by molar-refractivity contribution is -0.116. The van der Waals surface area contributed by atoms with Crippen molar-refractivity contribution >= 4 is 46.6 Å². The second-order valence-corrected chi connectivity index (χ2v) is 8.62. The van der Waals surface area contributed by atoms with Crippen molar-refractivity contribution < 1.29 is 14.3 Å². The highest BCUT2D eigenvalue weighted by Crippen LogP contribution is 2.25. The van der Waals surface area contributed by atoms with E-state index in [9.17, 15) is 9.59 Å². The molecule has 0 radical (unpaired) electrons. The molecule has 0 spiro atoms. The predicted octanol–water partition coefficient (Wildman–Crippen LogP) is 4.14. The molecule has 1 aromatic heterocycles. The fourth-order valence-electron chi connectivity index (χ4n) is 2.54. The van der Waals surface area contributed by atoms with Gasteiger partial charge in [0.1, 0.15) is 12.4 Å². The fraction of sp³-hybridized carbons (Fsp3) is 0.450. The molecular weight excluding hydrogens is 429 g/mol. The third-order valence-corrected chi connectivity index (χ3v) is 5.01. The average molecular weight is 456 g/mol. The second kappa shape index (κ2) is 10.1. The molecule has 2 N–H and O–H groups in total. The van der Waals surface area contributed by atoms with Crippen molar-refractivity contribution in [2.75, 3.05) is 37.4 Å². The number of benzene rings is 1. The summed E-state index contributed by atoms with van der Waals surface area (Å²) in [5.41, 5.74) is 1.18. The summed E-state index contributed by atoms with van der Waals surface area (Å²) in [6.45, 7) is 6.48. The van der Waals surface area contributed by atoms with Crippen LogP contribution in [0.2, 0.25) is 10.0 Å². The second-order valence-electron chi connectivity index (χ2n) is 7.81. The van der Waals surface area contributed by atoms with E-state index in [1.54, 1.807) is 29.9 Å². The molecule has 0 bridgehead atoms. The zero-order chi connectivity index (χ0) is 22.5. The molecule has 164 valence electrons. The molecule has 0 fully saturated rings. The number of ether oxygens (including phenoxy) is 1. The zero-order valence-electron chi connectivity index (χ0n) is 17.8. The van der Waals surface area contributed by atoms with Crippen molar-refractivity contribution in [3.05, 3.63) is 40.0 Å². The molecule has 0 aliphatic rings. The standard InChI is InChI=1S/C20H27Cl2N5O3/c1-20(2,3)16-11-17(26(4)25-16)24-18(28)12-27(8-9-30-5)19(29)23-13-6-7-14(21)15(22)10-13/h6-7,10-11H,8-9,12H2,1-5H3,(H,23,29)(H,24,28). The Balaban J connectivity index is 2.07. The highest BCUT2D eigenvalue weighted by molar-refractivity contribution is 6.42. The molecular formula is C20H27Cl2N5O3. The lowest BCUT2D eigenvalue weighted by Gasteiger charge is -2.22. The minimum absolute atomic E-state index is 0.148. The van der Waals surface area contributed by atoms with Gasteiger partial charge in [-0.3, -0.25) is 9.48 Å². The van der Waals surface area contributed by atoms with Crippen LogP contribution in [0, 0.1) is 0 Å². The lowest BCUT2D eigenvalue weighted by Crippen LogP contribution is -2.42. The van der Waals surface area contributed by atoms with E-state index < -0.39 is 6.03 Å². The molecule has 0 saturated heterocycles. The van der Waals surface area contributed by atoms with E-state index in [2.05, 4.69) is 15.7 Å². The maximum Gasteiger partial charge on any atom is 0.322 e. The number of anilines is 2. The molecule has 2 aromatic rings. The molecule has 0 atom stereocenters. The fourth-order valence-corrected chi connectivity index (χ4v) is 2.83. The van der Waals surface area contributed by atoms with Crippen LogP contribution in [0.3, 0.4) is 0 Å². The predicted molar refractivity (Wildman–Crippen MR) is 119 cm³/mol. The summed E-state index contributed by atoms with van der Waals surface area (Å²) in [6.07, 6.45) is 0. The normalized spacial score (nSPS) is 11.3.